The topological polar surface area (TPSA) is 70.8 Å². The van der Waals surface area contributed by atoms with Crippen molar-refractivity contribution in [3.05, 3.63) is 34.4 Å². The summed E-state index contributed by atoms with van der Waals surface area (Å²) in [6.45, 7) is 0. The van der Waals surface area contributed by atoms with Crippen LogP contribution < -0.4 is 5.46 Å². The number of benzene rings is 1. The van der Waals surface area contributed by atoms with Crippen LogP contribution in [0.25, 0.3) is 0 Å². The molecular formula is C6H4B3NO5. The monoisotopic (exact) mass is 203 g/mol. The standard InChI is InChI=1S/C6H4B3NO5/c11-10(12)6-3-1-2-5(4-6)9-14-7-13-8-15-9/h1-4H. The largest absolute Gasteiger partial charge is 0.466 e. The third kappa shape index (κ3) is 2.38. The van der Waals surface area contributed by atoms with Crippen LogP contribution in [0.2, 0.25) is 0 Å². The molecule has 1 aromatic carbocycles. The summed E-state index contributed by atoms with van der Waals surface area (Å²) in [6.07, 6.45) is 0. The first-order chi connectivity index (χ1) is 7.27. The fraction of sp³-hybridized carbons (Fsp3) is 0. The molecule has 0 spiro atoms. The van der Waals surface area contributed by atoms with Crippen molar-refractivity contribution in [1.29, 1.82) is 0 Å². The summed E-state index contributed by atoms with van der Waals surface area (Å²) < 4.78 is 14.5. The van der Waals surface area contributed by atoms with E-state index in [1.54, 1.807) is 12.1 Å². The molecule has 0 unspecified atom stereocenters. The second-order valence-electron chi connectivity index (χ2n) is 2.78. The number of nitro groups is 1. The summed E-state index contributed by atoms with van der Waals surface area (Å²) in [7, 11) is 1.51. The Morgan fingerprint density at radius 1 is 1.33 bits per heavy atom. The Morgan fingerprint density at radius 2 is 2.07 bits per heavy atom. The molecule has 1 aliphatic heterocycles. The minimum Gasteiger partial charge on any atom is -0.457 e. The van der Waals surface area contributed by atoms with Crippen molar-refractivity contribution >= 4 is 33.6 Å². The lowest BCUT2D eigenvalue weighted by Gasteiger charge is -2.18. The van der Waals surface area contributed by atoms with E-state index in [2.05, 4.69) is 4.57 Å². The van der Waals surface area contributed by atoms with Gasteiger partial charge in [-0.3, -0.25) is 10.1 Å². The molecule has 1 saturated heterocycles. The molecule has 0 amide bonds. The predicted octanol–water partition coefficient (Wildman–Crippen LogP) is -0.578. The van der Waals surface area contributed by atoms with E-state index >= 15 is 0 Å². The third-order valence-corrected chi connectivity index (χ3v) is 1.82. The lowest BCUT2D eigenvalue weighted by molar-refractivity contribution is -0.384. The molecule has 15 heavy (non-hydrogen) atoms. The average molecular weight is 203 g/mol. The Bertz CT molecular complexity index is 370. The molecule has 0 saturated carbocycles. The van der Waals surface area contributed by atoms with E-state index in [4.69, 9.17) is 9.14 Å². The zero-order valence-corrected chi connectivity index (χ0v) is 7.53. The van der Waals surface area contributed by atoms with Gasteiger partial charge >= 0.3 is 22.5 Å². The van der Waals surface area contributed by atoms with Gasteiger partial charge in [0.25, 0.3) is 5.69 Å². The van der Waals surface area contributed by atoms with Crippen LogP contribution in [0.4, 0.5) is 5.69 Å². The summed E-state index contributed by atoms with van der Waals surface area (Å²) in [5, 5.41) is 10.5. The SMILES string of the molecule is O=[N+]([O-])c1cccc(B2O[B]O[B]O2)c1. The smallest absolute Gasteiger partial charge is 0.457 e. The highest BCUT2D eigenvalue weighted by atomic mass is 16.7. The van der Waals surface area contributed by atoms with Gasteiger partial charge in [0.15, 0.2) is 0 Å². The second kappa shape index (κ2) is 4.48. The summed E-state index contributed by atoms with van der Waals surface area (Å²) in [6, 6.07) is 6.02. The van der Waals surface area contributed by atoms with Crippen LogP contribution in [0.5, 0.6) is 0 Å². The van der Waals surface area contributed by atoms with Gasteiger partial charge in [0.1, 0.15) is 0 Å². The minimum absolute atomic E-state index is 0.00816. The van der Waals surface area contributed by atoms with E-state index in [1.165, 1.54) is 12.1 Å². The van der Waals surface area contributed by atoms with Crippen molar-refractivity contribution in [1.82, 2.24) is 0 Å². The van der Waals surface area contributed by atoms with Gasteiger partial charge in [0.2, 0.25) is 0 Å². The summed E-state index contributed by atoms with van der Waals surface area (Å²) in [4.78, 5) is 10.0. The molecule has 1 fully saturated rings. The molecule has 72 valence electrons. The van der Waals surface area contributed by atoms with E-state index < -0.39 is 12.0 Å². The number of nitrogens with zero attached hydrogens (tertiary/aromatic N) is 1. The average Bonchev–Trinajstić information content (AvgIpc) is 2.30. The molecule has 0 N–H and O–H groups in total. The van der Waals surface area contributed by atoms with Crippen molar-refractivity contribution in [2.24, 2.45) is 0 Å². The highest BCUT2D eigenvalue weighted by molar-refractivity contribution is 6.71. The van der Waals surface area contributed by atoms with Gasteiger partial charge in [-0.15, -0.1) is 0 Å². The van der Waals surface area contributed by atoms with Crippen LogP contribution in [0, 0.1) is 10.1 Å². The van der Waals surface area contributed by atoms with Crippen LogP contribution in [-0.4, -0.2) is 27.4 Å². The maximum absolute atomic E-state index is 10.5. The molecule has 6 nitrogen and oxygen atoms in total. The van der Waals surface area contributed by atoms with Crippen LogP contribution in [0.1, 0.15) is 0 Å². The lowest BCUT2D eigenvalue weighted by atomic mass is 9.75. The zero-order valence-electron chi connectivity index (χ0n) is 7.53. The van der Waals surface area contributed by atoms with Gasteiger partial charge in [-0.05, 0) is 5.46 Å². The predicted molar refractivity (Wildman–Crippen MR) is 53.2 cm³/mol. The van der Waals surface area contributed by atoms with Crippen LogP contribution in [0.3, 0.4) is 0 Å². The summed E-state index contributed by atoms with van der Waals surface area (Å²) in [5.74, 6) is 0. The van der Waals surface area contributed by atoms with E-state index in [0.29, 0.717) is 5.46 Å². The fourth-order valence-corrected chi connectivity index (χ4v) is 1.16. The number of non-ortho nitro benzene ring substituents is 1. The molecule has 1 heterocycles. The van der Waals surface area contributed by atoms with E-state index in [9.17, 15) is 10.1 Å². The summed E-state index contributed by atoms with van der Waals surface area (Å²) >= 11 is 0. The Balaban J connectivity index is 2.19. The van der Waals surface area contributed by atoms with E-state index in [0.717, 1.165) is 15.4 Å². The quantitative estimate of drug-likeness (QED) is 0.365. The van der Waals surface area contributed by atoms with Crippen molar-refractivity contribution in [3.8, 4) is 0 Å². The number of rotatable bonds is 2. The molecule has 9 heteroatoms. The molecule has 0 atom stereocenters. The first-order valence-electron chi connectivity index (χ1n) is 4.11. The highest BCUT2D eigenvalue weighted by Crippen LogP contribution is 2.08. The number of hydrogen-bond acceptors (Lipinski definition) is 5. The molecule has 1 aliphatic rings. The lowest BCUT2D eigenvalue weighted by Crippen LogP contribution is -2.44. The Morgan fingerprint density at radius 3 is 2.73 bits per heavy atom. The van der Waals surface area contributed by atoms with Gasteiger partial charge in [0.05, 0.1) is 4.92 Å². The van der Waals surface area contributed by atoms with Crippen LogP contribution >= 0.6 is 0 Å². The third-order valence-electron chi connectivity index (χ3n) is 1.82. The first kappa shape index (κ1) is 10.2. The van der Waals surface area contributed by atoms with Gasteiger partial charge in [-0.2, -0.15) is 0 Å². The second-order valence-corrected chi connectivity index (χ2v) is 2.78. The van der Waals surface area contributed by atoms with Gasteiger partial charge in [-0.25, -0.2) is 0 Å². The summed E-state index contributed by atoms with van der Waals surface area (Å²) in [5.41, 5.74) is 0.547. The van der Waals surface area contributed by atoms with Crippen molar-refractivity contribution < 1.29 is 18.6 Å². The van der Waals surface area contributed by atoms with Crippen molar-refractivity contribution in [2.75, 3.05) is 0 Å². The maximum atomic E-state index is 10.5. The fourth-order valence-electron chi connectivity index (χ4n) is 1.16. The van der Waals surface area contributed by atoms with Crippen LogP contribution in [0.15, 0.2) is 24.3 Å². The molecular weight excluding hydrogens is 199 g/mol. The highest BCUT2D eigenvalue weighted by Gasteiger charge is 2.27. The Labute approximate surface area is 87.4 Å². The van der Waals surface area contributed by atoms with Crippen molar-refractivity contribution in [2.45, 2.75) is 0 Å². The molecule has 0 aromatic heterocycles. The minimum atomic E-state index is -0.696. The normalized spacial score (nSPS) is 15.3. The van der Waals surface area contributed by atoms with E-state index in [1.807, 2.05) is 0 Å². The molecule has 0 aliphatic carbocycles. The van der Waals surface area contributed by atoms with Crippen molar-refractivity contribution in [3.63, 3.8) is 0 Å². The Kier molecular flexibility index (Phi) is 3.05. The molecule has 2 radical (unpaired) electrons. The van der Waals surface area contributed by atoms with Gasteiger partial charge < -0.3 is 13.7 Å². The zero-order chi connectivity index (χ0) is 10.7. The number of nitro benzene ring substituents is 1. The van der Waals surface area contributed by atoms with Crippen LogP contribution in [-0.2, 0) is 13.7 Å². The molecule has 1 aromatic rings. The Hall–Kier alpha value is -1.31. The van der Waals surface area contributed by atoms with Gasteiger partial charge in [-0.1, -0.05) is 12.1 Å². The maximum Gasteiger partial charge on any atom is 0.466 e. The number of hydrogen-bond donors (Lipinski definition) is 0. The first-order valence-corrected chi connectivity index (χ1v) is 4.11. The molecule has 0 bridgehead atoms. The van der Waals surface area contributed by atoms with E-state index in [-0.39, 0.29) is 5.69 Å². The molecule has 2 rings (SSSR count). The van der Waals surface area contributed by atoms with Gasteiger partial charge in [0, 0.05) is 12.1 Å².